The first kappa shape index (κ1) is 31.9. The van der Waals surface area contributed by atoms with Gasteiger partial charge in [0.2, 0.25) is 0 Å². The molecule has 0 atom stereocenters. The molecule has 0 spiro atoms. The van der Waals surface area contributed by atoms with Crippen molar-refractivity contribution in [2.24, 2.45) is 11.5 Å². The van der Waals surface area contributed by atoms with E-state index in [1.54, 1.807) is 0 Å². The third kappa shape index (κ3) is 152. The van der Waals surface area contributed by atoms with Crippen LogP contribution >= 0.6 is 0 Å². The summed E-state index contributed by atoms with van der Waals surface area (Å²) in [6.45, 7) is 6.32. The fourth-order valence-corrected chi connectivity index (χ4v) is 0.433. The summed E-state index contributed by atoms with van der Waals surface area (Å²) in [5, 5.41) is 28.6. The SMILES string of the molecule is CCCC[O-].CCCC[O-].CCCC[O-].NC(N)=O.[Al+3]. The van der Waals surface area contributed by atoms with Gasteiger partial charge in [-0.1, -0.05) is 59.3 Å². The summed E-state index contributed by atoms with van der Waals surface area (Å²) in [5.41, 5.74) is 8.50. The van der Waals surface area contributed by atoms with Crippen molar-refractivity contribution in [3.63, 3.8) is 0 Å². The number of hydrogen-bond donors (Lipinski definition) is 2. The molecule has 0 radical (unpaired) electrons. The molecule has 0 aliphatic rings. The van der Waals surface area contributed by atoms with Crippen LogP contribution in [0.2, 0.25) is 0 Å². The van der Waals surface area contributed by atoms with Crippen LogP contribution in [-0.2, 0) is 0 Å². The van der Waals surface area contributed by atoms with Crippen molar-refractivity contribution in [3.05, 3.63) is 0 Å². The average Bonchev–Trinajstić information content (AvgIpc) is 2.33. The number of urea groups is 1. The molecule has 4 N–H and O–H groups in total. The van der Waals surface area contributed by atoms with E-state index in [4.69, 9.17) is 4.79 Å². The van der Waals surface area contributed by atoms with Gasteiger partial charge in [0.1, 0.15) is 0 Å². The molecule has 6 nitrogen and oxygen atoms in total. The van der Waals surface area contributed by atoms with Crippen LogP contribution in [-0.4, -0.2) is 43.2 Å². The number of unbranched alkanes of at least 4 members (excludes halogenated alkanes) is 3. The van der Waals surface area contributed by atoms with E-state index in [-0.39, 0.29) is 37.2 Å². The van der Waals surface area contributed by atoms with Crippen LogP contribution in [0.1, 0.15) is 59.3 Å². The molecule has 0 bridgehead atoms. The van der Waals surface area contributed by atoms with E-state index < -0.39 is 6.03 Å². The summed E-state index contributed by atoms with van der Waals surface area (Å²) in [5.74, 6) is 0. The predicted molar refractivity (Wildman–Crippen MR) is 78.8 cm³/mol. The molecule has 0 unspecified atom stereocenters. The zero-order chi connectivity index (χ0) is 15.9. The fraction of sp³-hybridized carbons (Fsp3) is 0.923. The van der Waals surface area contributed by atoms with E-state index >= 15 is 0 Å². The number of carbonyl (C=O) groups is 1. The van der Waals surface area contributed by atoms with E-state index in [0.717, 1.165) is 38.5 Å². The third-order valence-electron chi connectivity index (χ3n) is 1.49. The van der Waals surface area contributed by atoms with Gasteiger partial charge < -0.3 is 26.8 Å². The second kappa shape index (κ2) is 42.8. The van der Waals surface area contributed by atoms with E-state index in [9.17, 15) is 15.3 Å². The second-order valence-corrected chi connectivity index (χ2v) is 3.58. The first-order chi connectivity index (χ1) is 8.97. The Morgan fingerprint density at radius 1 is 0.750 bits per heavy atom. The summed E-state index contributed by atoms with van der Waals surface area (Å²) in [6.07, 6.45) is 5.59. The summed E-state index contributed by atoms with van der Waals surface area (Å²) in [4.78, 5) is 9.00. The number of primary amides is 2. The molecule has 120 valence electrons. The van der Waals surface area contributed by atoms with Crippen LogP contribution in [0.5, 0.6) is 0 Å². The van der Waals surface area contributed by atoms with Crippen molar-refractivity contribution < 1.29 is 20.1 Å². The van der Waals surface area contributed by atoms with Crippen LogP contribution in [0.3, 0.4) is 0 Å². The molecule has 0 heterocycles. The van der Waals surface area contributed by atoms with Gasteiger partial charge in [-0.05, 0) is 0 Å². The van der Waals surface area contributed by atoms with Gasteiger partial charge in [-0.3, -0.25) is 0 Å². The van der Waals surface area contributed by atoms with E-state index in [0.29, 0.717) is 0 Å². The monoisotopic (exact) mass is 306 g/mol. The first-order valence-corrected chi connectivity index (χ1v) is 6.77. The molecule has 7 heteroatoms. The fourth-order valence-electron chi connectivity index (χ4n) is 0.433. The maximum atomic E-state index is 9.53. The maximum absolute atomic E-state index is 9.53. The van der Waals surface area contributed by atoms with Crippen LogP contribution < -0.4 is 26.8 Å². The van der Waals surface area contributed by atoms with Crippen LogP contribution in [0, 0.1) is 0 Å². The topological polar surface area (TPSA) is 138 Å². The van der Waals surface area contributed by atoms with E-state index in [1.165, 1.54) is 0 Å². The van der Waals surface area contributed by atoms with E-state index in [2.05, 4.69) is 11.5 Å². The van der Waals surface area contributed by atoms with E-state index in [1.807, 2.05) is 20.8 Å². The van der Waals surface area contributed by atoms with Crippen LogP contribution in [0.4, 0.5) is 4.79 Å². The molecule has 0 aromatic carbocycles. The molecule has 2 amide bonds. The molecule has 20 heavy (non-hydrogen) atoms. The molecule has 0 saturated carbocycles. The van der Waals surface area contributed by atoms with Crippen molar-refractivity contribution in [3.8, 4) is 0 Å². The molecule has 0 aromatic heterocycles. The molecule has 0 aliphatic heterocycles. The van der Waals surface area contributed by atoms with Crippen LogP contribution in [0.25, 0.3) is 0 Å². The van der Waals surface area contributed by atoms with Crippen molar-refractivity contribution in [2.75, 3.05) is 19.8 Å². The third-order valence-corrected chi connectivity index (χ3v) is 1.49. The summed E-state index contributed by atoms with van der Waals surface area (Å²) >= 11 is 0. The number of nitrogens with two attached hydrogens (primary N) is 2. The minimum absolute atomic E-state index is 0. The molecule has 0 aromatic rings. The van der Waals surface area contributed by atoms with Crippen molar-refractivity contribution in [1.82, 2.24) is 0 Å². The quantitative estimate of drug-likeness (QED) is 0.613. The number of amides is 2. The first-order valence-electron chi connectivity index (χ1n) is 6.77. The van der Waals surface area contributed by atoms with Gasteiger partial charge in [-0.25, -0.2) is 4.79 Å². The van der Waals surface area contributed by atoms with Gasteiger partial charge in [0.05, 0.1) is 0 Å². The number of carbonyl (C=O) groups excluding carboxylic acids is 1. The normalized spacial score (nSPS) is 7.50. The molecule has 0 rings (SSSR count). The Labute approximate surface area is 134 Å². The molecular weight excluding hydrogens is 275 g/mol. The van der Waals surface area contributed by atoms with Gasteiger partial charge in [-0.15, -0.1) is 19.8 Å². The standard InChI is InChI=1S/3C4H9O.CH4N2O.Al/c3*1-2-3-4-5;2-1(3)4;/h3*2-4H2,1H3;(H4,2,3,4);/q3*-1;;+3. The molecule has 0 saturated heterocycles. The molecule has 0 fully saturated rings. The Hall–Kier alpha value is -0.318. The summed E-state index contributed by atoms with van der Waals surface area (Å²) in [7, 11) is 0. The van der Waals surface area contributed by atoms with Gasteiger partial charge in [0.15, 0.2) is 0 Å². The summed E-state index contributed by atoms with van der Waals surface area (Å²) < 4.78 is 0. The minimum Gasteiger partial charge on any atom is -0.854 e. The maximum Gasteiger partial charge on any atom is 3.00 e. The van der Waals surface area contributed by atoms with Crippen molar-refractivity contribution in [1.29, 1.82) is 0 Å². The Morgan fingerprint density at radius 3 is 0.900 bits per heavy atom. The zero-order valence-corrected chi connectivity index (χ0v) is 14.4. The van der Waals surface area contributed by atoms with Crippen molar-refractivity contribution >= 4 is 23.4 Å². The number of rotatable bonds is 6. The van der Waals surface area contributed by atoms with Gasteiger partial charge >= 0.3 is 23.4 Å². The smallest absolute Gasteiger partial charge is 0.854 e. The second-order valence-electron chi connectivity index (χ2n) is 3.58. The summed E-state index contributed by atoms with van der Waals surface area (Å²) in [6, 6.07) is -0.833. The molecule has 0 aliphatic carbocycles. The Kier molecular flexibility index (Phi) is 68.2. The zero-order valence-electron chi connectivity index (χ0n) is 13.2. The molecular formula is C13H31AlN2O4. The van der Waals surface area contributed by atoms with Gasteiger partial charge in [0.25, 0.3) is 0 Å². The van der Waals surface area contributed by atoms with Crippen molar-refractivity contribution in [2.45, 2.75) is 59.3 Å². The Bertz CT molecular complexity index is 117. The van der Waals surface area contributed by atoms with Gasteiger partial charge in [0, 0.05) is 0 Å². The van der Waals surface area contributed by atoms with Gasteiger partial charge in [-0.2, -0.15) is 0 Å². The number of hydrogen-bond acceptors (Lipinski definition) is 4. The predicted octanol–water partition coefficient (Wildman–Crippen LogP) is -0.917. The van der Waals surface area contributed by atoms with Crippen LogP contribution in [0.15, 0.2) is 0 Å². The average molecular weight is 306 g/mol. The largest absolute Gasteiger partial charge is 3.00 e. The Balaban J connectivity index is -0.0000000494. The Morgan fingerprint density at radius 2 is 0.900 bits per heavy atom. The minimum atomic E-state index is -0.833.